The first-order valence-corrected chi connectivity index (χ1v) is 11.4. The van der Waals surface area contributed by atoms with Gasteiger partial charge in [0.25, 0.3) is 5.91 Å². The van der Waals surface area contributed by atoms with E-state index in [0.29, 0.717) is 23.8 Å². The number of sulfonamides is 1. The summed E-state index contributed by atoms with van der Waals surface area (Å²) in [7, 11) is -1.96. The molecule has 0 spiro atoms. The molecule has 0 unspecified atom stereocenters. The fourth-order valence-electron chi connectivity index (χ4n) is 3.11. The topological polar surface area (TPSA) is 75.5 Å². The predicted octanol–water partition coefficient (Wildman–Crippen LogP) is 3.17. The molecular weight excluding hydrogens is 435 g/mol. The molecule has 1 aliphatic rings. The Balaban J connectivity index is 1.72. The molecule has 1 amide bonds. The van der Waals surface area contributed by atoms with Crippen molar-refractivity contribution in [3.8, 4) is 0 Å². The Morgan fingerprint density at radius 1 is 1.03 bits per heavy atom. The number of hydrogen-bond donors (Lipinski definition) is 0. The first-order valence-electron chi connectivity index (χ1n) is 9.20. The lowest BCUT2D eigenvalue weighted by atomic mass is 9.92. The highest BCUT2D eigenvalue weighted by Crippen LogP contribution is 2.27. The van der Waals surface area contributed by atoms with Crippen LogP contribution in [0.3, 0.4) is 0 Å². The summed E-state index contributed by atoms with van der Waals surface area (Å²) in [6.07, 6.45) is 0. The fourth-order valence-corrected chi connectivity index (χ4v) is 4.93. The van der Waals surface area contributed by atoms with Gasteiger partial charge in [-0.15, -0.1) is 0 Å². The van der Waals surface area contributed by atoms with E-state index in [1.807, 2.05) is 20.8 Å². The predicted molar refractivity (Wildman–Crippen MR) is 113 cm³/mol. The van der Waals surface area contributed by atoms with Crippen LogP contribution in [0.25, 0.3) is 0 Å². The molecule has 1 aliphatic heterocycles. The van der Waals surface area contributed by atoms with Crippen molar-refractivity contribution in [2.75, 3.05) is 26.2 Å². The van der Waals surface area contributed by atoms with Gasteiger partial charge in [-0.1, -0.05) is 44.0 Å². The number of piperazine rings is 1. The van der Waals surface area contributed by atoms with E-state index in [9.17, 15) is 13.2 Å². The van der Waals surface area contributed by atoms with Gasteiger partial charge in [-0.2, -0.15) is 9.40 Å². The summed E-state index contributed by atoms with van der Waals surface area (Å²) < 4.78 is 28.7. The van der Waals surface area contributed by atoms with Crippen molar-refractivity contribution in [2.24, 2.45) is 7.05 Å². The third-order valence-corrected chi connectivity index (χ3v) is 7.56. The van der Waals surface area contributed by atoms with Crippen LogP contribution >= 0.6 is 23.2 Å². The lowest BCUT2D eigenvalue weighted by Crippen LogP contribution is -2.50. The van der Waals surface area contributed by atoms with Crippen molar-refractivity contribution in [1.82, 2.24) is 19.0 Å². The van der Waals surface area contributed by atoms with Gasteiger partial charge in [0.1, 0.15) is 5.69 Å². The van der Waals surface area contributed by atoms with Gasteiger partial charge in [0, 0.05) is 38.6 Å². The fraction of sp³-hybridized carbons (Fsp3) is 0.474. The maximum absolute atomic E-state index is 12.9. The second-order valence-corrected chi connectivity index (χ2v) is 10.8. The molecule has 10 heteroatoms. The summed E-state index contributed by atoms with van der Waals surface area (Å²) >= 11 is 11.8. The third kappa shape index (κ3) is 4.45. The number of rotatable bonds is 3. The summed E-state index contributed by atoms with van der Waals surface area (Å²) in [6, 6.07) is 6.05. The average Bonchev–Trinajstić information content (AvgIpc) is 3.05. The molecule has 0 radical (unpaired) electrons. The SMILES string of the molecule is Cn1nc(C(C)(C)C)cc1C(=O)N1CCN(S(=O)(=O)c2ccc(Cl)c(Cl)c2)CC1. The van der Waals surface area contributed by atoms with E-state index in [-0.39, 0.29) is 34.3 Å². The van der Waals surface area contributed by atoms with Crippen molar-refractivity contribution >= 4 is 39.1 Å². The zero-order valence-electron chi connectivity index (χ0n) is 16.8. The normalized spacial score (nSPS) is 16.3. The number of benzene rings is 1. The van der Waals surface area contributed by atoms with Crippen LogP contribution in [0.4, 0.5) is 0 Å². The van der Waals surface area contributed by atoms with E-state index in [4.69, 9.17) is 23.2 Å². The Morgan fingerprint density at radius 2 is 1.66 bits per heavy atom. The molecule has 1 saturated heterocycles. The molecule has 7 nitrogen and oxygen atoms in total. The number of halogens is 2. The maximum Gasteiger partial charge on any atom is 0.272 e. The number of amides is 1. The molecule has 29 heavy (non-hydrogen) atoms. The molecule has 2 heterocycles. The van der Waals surface area contributed by atoms with E-state index >= 15 is 0 Å². The standard InChI is InChI=1S/C19H24Cl2N4O3S/c1-19(2,3)17-12-16(23(4)22-17)18(26)24-7-9-25(10-8-24)29(27,28)13-5-6-14(20)15(21)11-13/h5-6,11-12H,7-10H2,1-4H3. The van der Waals surface area contributed by atoms with Crippen LogP contribution in [0.1, 0.15) is 37.0 Å². The highest BCUT2D eigenvalue weighted by Gasteiger charge is 2.32. The molecule has 158 valence electrons. The monoisotopic (exact) mass is 458 g/mol. The molecule has 1 aromatic heterocycles. The number of nitrogens with zero attached hydrogens (tertiary/aromatic N) is 4. The Hall–Kier alpha value is -1.61. The van der Waals surface area contributed by atoms with Crippen LogP contribution in [0.5, 0.6) is 0 Å². The highest BCUT2D eigenvalue weighted by molar-refractivity contribution is 7.89. The molecule has 3 rings (SSSR count). The lowest BCUT2D eigenvalue weighted by molar-refractivity contribution is 0.0687. The second kappa shape index (κ2) is 7.91. The minimum atomic E-state index is -3.70. The molecule has 0 bridgehead atoms. The zero-order valence-corrected chi connectivity index (χ0v) is 19.1. The van der Waals surface area contributed by atoms with Crippen LogP contribution in [0, 0.1) is 0 Å². The van der Waals surface area contributed by atoms with E-state index in [1.54, 1.807) is 22.7 Å². The van der Waals surface area contributed by atoms with Gasteiger partial charge >= 0.3 is 0 Å². The summed E-state index contributed by atoms with van der Waals surface area (Å²) in [6.45, 7) is 7.13. The van der Waals surface area contributed by atoms with E-state index < -0.39 is 10.0 Å². The first-order chi connectivity index (χ1) is 13.4. The van der Waals surface area contributed by atoms with Crippen molar-refractivity contribution in [3.05, 3.63) is 45.7 Å². The summed E-state index contributed by atoms with van der Waals surface area (Å²) in [4.78, 5) is 14.7. The Kier molecular flexibility index (Phi) is 6.02. The van der Waals surface area contributed by atoms with Gasteiger partial charge in [0.15, 0.2) is 0 Å². The number of carbonyl (C=O) groups is 1. The van der Waals surface area contributed by atoms with Crippen LogP contribution < -0.4 is 0 Å². The van der Waals surface area contributed by atoms with Crippen LogP contribution in [0.2, 0.25) is 10.0 Å². The summed E-state index contributed by atoms with van der Waals surface area (Å²) in [5.74, 6) is -0.151. The van der Waals surface area contributed by atoms with Crippen molar-refractivity contribution in [2.45, 2.75) is 31.1 Å². The molecule has 0 atom stereocenters. The molecule has 1 aromatic carbocycles. The molecule has 0 N–H and O–H groups in total. The highest BCUT2D eigenvalue weighted by atomic mass is 35.5. The van der Waals surface area contributed by atoms with Crippen molar-refractivity contribution < 1.29 is 13.2 Å². The van der Waals surface area contributed by atoms with Gasteiger partial charge in [-0.05, 0) is 24.3 Å². The first kappa shape index (κ1) is 22.1. The Bertz CT molecular complexity index is 1040. The van der Waals surface area contributed by atoms with E-state index in [1.165, 1.54) is 22.5 Å². The smallest absolute Gasteiger partial charge is 0.272 e. The van der Waals surface area contributed by atoms with Gasteiger partial charge in [-0.3, -0.25) is 9.48 Å². The lowest BCUT2D eigenvalue weighted by Gasteiger charge is -2.34. The molecule has 0 saturated carbocycles. The van der Waals surface area contributed by atoms with Gasteiger partial charge in [0.05, 0.1) is 20.6 Å². The average molecular weight is 459 g/mol. The number of aryl methyl sites for hydroxylation is 1. The van der Waals surface area contributed by atoms with Crippen molar-refractivity contribution in [3.63, 3.8) is 0 Å². The molecular formula is C19H24Cl2N4O3S. The minimum Gasteiger partial charge on any atom is -0.335 e. The molecule has 0 aliphatic carbocycles. The zero-order chi connectivity index (χ0) is 21.6. The van der Waals surface area contributed by atoms with Crippen molar-refractivity contribution in [1.29, 1.82) is 0 Å². The number of aromatic nitrogens is 2. The largest absolute Gasteiger partial charge is 0.335 e. The van der Waals surface area contributed by atoms with Gasteiger partial charge in [-0.25, -0.2) is 8.42 Å². The van der Waals surface area contributed by atoms with Gasteiger partial charge < -0.3 is 4.90 Å². The minimum absolute atomic E-state index is 0.0909. The summed E-state index contributed by atoms with van der Waals surface area (Å²) in [5, 5.41) is 4.93. The van der Waals surface area contributed by atoms with E-state index in [2.05, 4.69) is 5.10 Å². The van der Waals surface area contributed by atoms with E-state index in [0.717, 1.165) is 5.69 Å². The van der Waals surface area contributed by atoms with Crippen LogP contribution in [-0.4, -0.2) is 59.5 Å². The van der Waals surface area contributed by atoms with Crippen LogP contribution in [0.15, 0.2) is 29.2 Å². The van der Waals surface area contributed by atoms with Crippen LogP contribution in [-0.2, 0) is 22.5 Å². The second-order valence-electron chi connectivity index (χ2n) is 8.06. The number of hydrogen-bond acceptors (Lipinski definition) is 4. The molecule has 2 aromatic rings. The number of carbonyl (C=O) groups excluding carboxylic acids is 1. The van der Waals surface area contributed by atoms with Gasteiger partial charge in [0.2, 0.25) is 10.0 Å². The third-order valence-electron chi connectivity index (χ3n) is 4.92. The Morgan fingerprint density at radius 3 is 2.17 bits per heavy atom. The Labute approximate surface area is 181 Å². The molecule has 1 fully saturated rings. The summed E-state index contributed by atoms with van der Waals surface area (Å²) in [5.41, 5.74) is 1.17. The maximum atomic E-state index is 12.9. The quantitative estimate of drug-likeness (QED) is 0.707.